The van der Waals surface area contributed by atoms with E-state index in [-0.39, 0.29) is 22.6 Å². The molecule has 0 saturated carbocycles. The van der Waals surface area contributed by atoms with Gasteiger partial charge in [-0.1, -0.05) is 51.1 Å². The average Bonchev–Trinajstić information content (AvgIpc) is 3.10. The fourth-order valence-corrected chi connectivity index (χ4v) is 6.54. The Hall–Kier alpha value is -1.74. The Morgan fingerprint density at radius 2 is 1.73 bits per heavy atom. The summed E-state index contributed by atoms with van der Waals surface area (Å²) in [4.78, 5) is 12.6. The number of carbonyl (C=O) groups is 1. The van der Waals surface area contributed by atoms with Crippen LogP contribution < -0.4 is 0 Å². The molecule has 0 amide bonds. The highest BCUT2D eigenvalue weighted by Gasteiger charge is 2.48. The molecule has 1 heterocycles. The summed E-state index contributed by atoms with van der Waals surface area (Å²) in [5.41, 5.74) is 0. The zero-order valence-corrected chi connectivity index (χ0v) is 20.3. The number of fused-ring (bicyclic) bond motifs is 1. The van der Waals surface area contributed by atoms with Gasteiger partial charge in [0.05, 0.1) is 18.1 Å². The van der Waals surface area contributed by atoms with Crippen molar-refractivity contribution in [3.63, 3.8) is 0 Å². The van der Waals surface area contributed by atoms with Crippen LogP contribution in [0, 0.1) is 0 Å². The van der Waals surface area contributed by atoms with E-state index >= 15 is 0 Å². The van der Waals surface area contributed by atoms with Crippen LogP contribution in [0.3, 0.4) is 0 Å². The smallest absolute Gasteiger partial charge is 0.324 e. The van der Waals surface area contributed by atoms with Crippen molar-refractivity contribution in [2.24, 2.45) is 0 Å². The largest absolute Gasteiger partial charge is 0.468 e. The number of benzene rings is 2. The quantitative estimate of drug-likeness (QED) is 0.506. The summed E-state index contributed by atoms with van der Waals surface area (Å²) in [5.74, 6) is -0.555. The van der Waals surface area contributed by atoms with Gasteiger partial charge in [0.25, 0.3) is 0 Å². The topological polar surface area (TPSA) is 72.9 Å². The Morgan fingerprint density at radius 1 is 1.10 bits per heavy atom. The minimum absolute atomic E-state index is 0.0155. The molecule has 8 heteroatoms. The predicted molar refractivity (Wildman–Crippen MR) is 120 cm³/mol. The molecule has 1 fully saturated rings. The maximum absolute atomic E-state index is 13.5. The molecule has 0 aromatic heterocycles. The van der Waals surface area contributed by atoms with Crippen LogP contribution in [-0.4, -0.2) is 52.8 Å². The van der Waals surface area contributed by atoms with Crippen molar-refractivity contribution in [2.45, 2.75) is 62.4 Å². The summed E-state index contributed by atoms with van der Waals surface area (Å²) in [6, 6.07) is 11.7. The zero-order chi connectivity index (χ0) is 22.3. The van der Waals surface area contributed by atoms with Crippen molar-refractivity contribution in [1.82, 2.24) is 4.31 Å². The van der Waals surface area contributed by atoms with Crippen LogP contribution in [0.1, 0.15) is 27.2 Å². The lowest BCUT2D eigenvalue weighted by Crippen LogP contribution is -2.45. The van der Waals surface area contributed by atoms with E-state index in [1.54, 1.807) is 18.2 Å². The second-order valence-corrected chi connectivity index (χ2v) is 16.0. The number of carbonyl (C=O) groups excluding carboxylic acids is 1. The maximum atomic E-state index is 13.5. The molecule has 164 valence electrons. The van der Waals surface area contributed by atoms with Gasteiger partial charge >= 0.3 is 5.97 Å². The van der Waals surface area contributed by atoms with Gasteiger partial charge in [0.1, 0.15) is 6.04 Å². The molecule has 1 saturated heterocycles. The normalized spacial score (nSPS) is 21.1. The van der Waals surface area contributed by atoms with Gasteiger partial charge < -0.3 is 9.16 Å². The fraction of sp³-hybridized carbons (Fsp3) is 0.500. The SMILES string of the molecule is COC(=O)C1C[C@@H](O[Si](C)(C)C(C)(C)C)CN1S(=O)(=O)c1ccc2ccccc2c1. The Kier molecular flexibility index (Phi) is 6.17. The molecule has 3 rings (SSSR count). The van der Waals surface area contributed by atoms with E-state index in [4.69, 9.17) is 9.16 Å². The summed E-state index contributed by atoms with van der Waals surface area (Å²) >= 11 is 0. The Morgan fingerprint density at radius 3 is 2.33 bits per heavy atom. The molecule has 0 N–H and O–H groups in total. The molecule has 1 aliphatic rings. The molecule has 0 radical (unpaired) electrons. The number of esters is 1. The first-order chi connectivity index (χ1) is 13.9. The van der Waals surface area contributed by atoms with E-state index < -0.39 is 30.4 Å². The number of hydrogen-bond acceptors (Lipinski definition) is 5. The van der Waals surface area contributed by atoms with Gasteiger partial charge in [-0.2, -0.15) is 4.31 Å². The summed E-state index contributed by atoms with van der Waals surface area (Å²) < 4.78 is 39.6. The summed E-state index contributed by atoms with van der Waals surface area (Å²) in [6.45, 7) is 10.8. The molecular weight excluding hydrogens is 418 g/mol. The molecule has 1 unspecified atom stereocenters. The third-order valence-corrected chi connectivity index (χ3v) is 12.7. The van der Waals surface area contributed by atoms with Crippen LogP contribution in [0.2, 0.25) is 18.1 Å². The van der Waals surface area contributed by atoms with Crippen LogP contribution in [0.4, 0.5) is 0 Å². The van der Waals surface area contributed by atoms with Gasteiger partial charge in [-0.15, -0.1) is 0 Å². The Bertz CT molecular complexity index is 1040. The van der Waals surface area contributed by atoms with Gasteiger partial charge in [0.15, 0.2) is 8.32 Å². The first kappa shape index (κ1) is 22.9. The van der Waals surface area contributed by atoms with E-state index in [2.05, 4.69) is 33.9 Å². The fourth-order valence-electron chi connectivity index (χ4n) is 3.53. The Balaban J connectivity index is 1.95. The van der Waals surface area contributed by atoms with Gasteiger partial charge in [-0.25, -0.2) is 8.42 Å². The molecule has 1 aliphatic heterocycles. The minimum Gasteiger partial charge on any atom is -0.468 e. The van der Waals surface area contributed by atoms with Crippen molar-refractivity contribution in [3.05, 3.63) is 42.5 Å². The highest BCUT2D eigenvalue weighted by molar-refractivity contribution is 7.89. The number of rotatable bonds is 5. The van der Waals surface area contributed by atoms with Crippen molar-refractivity contribution >= 4 is 35.1 Å². The molecule has 2 aromatic rings. The molecule has 30 heavy (non-hydrogen) atoms. The van der Waals surface area contributed by atoms with E-state index in [0.29, 0.717) is 6.42 Å². The Labute approximate surface area is 180 Å². The average molecular weight is 450 g/mol. The molecule has 2 atom stereocenters. The van der Waals surface area contributed by atoms with Gasteiger partial charge in [-0.3, -0.25) is 4.79 Å². The zero-order valence-electron chi connectivity index (χ0n) is 18.5. The van der Waals surface area contributed by atoms with E-state index in [0.717, 1.165) is 10.8 Å². The second kappa shape index (κ2) is 8.07. The summed E-state index contributed by atoms with van der Waals surface area (Å²) in [7, 11) is -4.73. The summed E-state index contributed by atoms with van der Waals surface area (Å²) in [6.07, 6.45) is -0.0448. The third-order valence-electron chi connectivity index (χ3n) is 6.29. The van der Waals surface area contributed by atoms with Crippen LogP contribution in [0.15, 0.2) is 47.4 Å². The van der Waals surface area contributed by atoms with E-state index in [1.165, 1.54) is 11.4 Å². The minimum atomic E-state index is -3.89. The number of hydrogen-bond donors (Lipinski definition) is 0. The molecule has 0 aliphatic carbocycles. The maximum Gasteiger partial charge on any atom is 0.324 e. The second-order valence-electron chi connectivity index (χ2n) is 9.36. The van der Waals surface area contributed by atoms with Crippen molar-refractivity contribution < 1.29 is 22.4 Å². The number of nitrogens with zero attached hydrogens (tertiary/aromatic N) is 1. The van der Waals surface area contributed by atoms with Crippen LogP contribution >= 0.6 is 0 Å². The lowest BCUT2D eigenvalue weighted by atomic mass is 10.1. The van der Waals surface area contributed by atoms with E-state index in [1.807, 2.05) is 24.3 Å². The number of methoxy groups -OCH3 is 1. The lowest BCUT2D eigenvalue weighted by molar-refractivity contribution is -0.144. The van der Waals surface area contributed by atoms with Gasteiger partial charge in [0.2, 0.25) is 10.0 Å². The van der Waals surface area contributed by atoms with Crippen molar-refractivity contribution in [3.8, 4) is 0 Å². The van der Waals surface area contributed by atoms with E-state index in [9.17, 15) is 13.2 Å². The third kappa shape index (κ3) is 4.32. The number of ether oxygens (including phenoxy) is 1. The first-order valence-corrected chi connectivity index (χ1v) is 14.5. The lowest BCUT2D eigenvalue weighted by Gasteiger charge is -2.38. The highest BCUT2D eigenvalue weighted by Crippen LogP contribution is 2.39. The molecule has 0 spiro atoms. The standard InChI is InChI=1S/C22H31NO5SSi/c1-22(2,3)30(5,6)28-18-14-20(21(24)27-4)23(15-18)29(25,26)19-12-11-16-9-7-8-10-17(16)13-19/h7-13,18,20H,14-15H2,1-6H3/t18-,20?/m1/s1. The first-order valence-electron chi connectivity index (χ1n) is 10.1. The number of sulfonamides is 1. The van der Waals surface area contributed by atoms with Gasteiger partial charge in [0, 0.05) is 13.0 Å². The molecule has 0 bridgehead atoms. The summed E-state index contributed by atoms with van der Waals surface area (Å²) in [5, 5.41) is 1.78. The van der Waals surface area contributed by atoms with Crippen LogP contribution in [0.5, 0.6) is 0 Å². The van der Waals surface area contributed by atoms with Crippen molar-refractivity contribution in [2.75, 3.05) is 13.7 Å². The van der Waals surface area contributed by atoms with Gasteiger partial charge in [-0.05, 0) is 41.0 Å². The van der Waals surface area contributed by atoms with Crippen molar-refractivity contribution in [1.29, 1.82) is 0 Å². The monoisotopic (exact) mass is 449 g/mol. The van der Waals surface area contributed by atoms with Crippen LogP contribution in [-0.2, 0) is 24.0 Å². The van der Waals surface area contributed by atoms with Crippen LogP contribution in [0.25, 0.3) is 10.8 Å². The predicted octanol–water partition coefficient (Wildman–Crippen LogP) is 4.17. The highest BCUT2D eigenvalue weighted by atomic mass is 32.2. The molecule has 6 nitrogen and oxygen atoms in total. The molecular formula is C22H31NO5SSi. The molecule has 2 aromatic carbocycles.